The van der Waals surface area contributed by atoms with Crippen LogP contribution in [0.15, 0.2) is 54.6 Å². The number of amides is 2. The summed E-state index contributed by atoms with van der Waals surface area (Å²) in [6.45, 7) is 1.67. The van der Waals surface area contributed by atoms with Crippen molar-refractivity contribution in [3.8, 4) is 0 Å². The molecule has 1 atom stereocenters. The number of urea groups is 1. The first-order valence-electron chi connectivity index (χ1n) is 7.56. The molecule has 0 saturated heterocycles. The number of hydrogen-bond donors (Lipinski definition) is 3. The summed E-state index contributed by atoms with van der Waals surface area (Å²) in [5.41, 5.74) is 3.23. The van der Waals surface area contributed by atoms with Crippen molar-refractivity contribution in [1.29, 1.82) is 0 Å². The number of carbonyl (C=O) groups is 1. The van der Waals surface area contributed by atoms with E-state index in [-0.39, 0.29) is 18.7 Å². The summed E-state index contributed by atoms with van der Waals surface area (Å²) in [4.78, 5) is 11.8. The lowest BCUT2D eigenvalue weighted by molar-refractivity contribution is 0.229. The van der Waals surface area contributed by atoms with Gasteiger partial charge in [0.05, 0.1) is 12.6 Å². The lowest BCUT2D eigenvalue weighted by atomic mass is 10.2. The quantitative estimate of drug-likeness (QED) is 0.726. The molecule has 4 nitrogen and oxygen atoms in total. The first kappa shape index (κ1) is 17.4. The molecule has 3 N–H and O–H groups in total. The van der Waals surface area contributed by atoms with Gasteiger partial charge < -0.3 is 15.7 Å². The standard InChI is InChI=1S/C18H22N2O2S/c1-14(11-21)19-18(22)20-17-9-5-8-16(10-17)13-23-12-15-6-3-2-4-7-15/h2-10,14,21H,11-13H2,1H3,(H2,19,20,22). The van der Waals surface area contributed by atoms with Gasteiger partial charge in [-0.2, -0.15) is 11.8 Å². The fourth-order valence-corrected chi connectivity index (χ4v) is 2.98. The summed E-state index contributed by atoms with van der Waals surface area (Å²) in [5, 5.41) is 14.4. The van der Waals surface area contributed by atoms with Gasteiger partial charge in [-0.15, -0.1) is 0 Å². The maximum absolute atomic E-state index is 11.8. The summed E-state index contributed by atoms with van der Waals surface area (Å²) in [5.74, 6) is 1.85. The smallest absolute Gasteiger partial charge is 0.319 e. The average molecular weight is 330 g/mol. The van der Waals surface area contributed by atoms with E-state index in [9.17, 15) is 4.79 Å². The lowest BCUT2D eigenvalue weighted by Crippen LogP contribution is -2.38. The molecule has 0 bridgehead atoms. The molecule has 1 unspecified atom stereocenters. The molecule has 122 valence electrons. The van der Waals surface area contributed by atoms with Crippen LogP contribution in [0.1, 0.15) is 18.1 Å². The molecule has 0 spiro atoms. The van der Waals surface area contributed by atoms with Gasteiger partial charge >= 0.3 is 6.03 Å². The second-order valence-electron chi connectivity index (χ2n) is 5.36. The van der Waals surface area contributed by atoms with Crippen molar-refractivity contribution in [1.82, 2.24) is 5.32 Å². The van der Waals surface area contributed by atoms with Crippen LogP contribution in [0.4, 0.5) is 10.5 Å². The monoisotopic (exact) mass is 330 g/mol. The van der Waals surface area contributed by atoms with E-state index in [1.165, 1.54) is 11.1 Å². The highest BCUT2D eigenvalue weighted by Crippen LogP contribution is 2.20. The number of hydrogen-bond acceptors (Lipinski definition) is 3. The maximum atomic E-state index is 11.8. The van der Waals surface area contributed by atoms with Crippen LogP contribution >= 0.6 is 11.8 Å². The Morgan fingerprint density at radius 1 is 1.09 bits per heavy atom. The van der Waals surface area contributed by atoms with Gasteiger partial charge in [0.25, 0.3) is 0 Å². The van der Waals surface area contributed by atoms with Crippen molar-refractivity contribution in [3.63, 3.8) is 0 Å². The van der Waals surface area contributed by atoms with Gasteiger partial charge in [-0.1, -0.05) is 42.5 Å². The van der Waals surface area contributed by atoms with E-state index in [0.717, 1.165) is 17.2 Å². The molecule has 0 aliphatic heterocycles. The molecule has 2 aromatic rings. The Hall–Kier alpha value is -1.98. The van der Waals surface area contributed by atoms with Crippen LogP contribution in [0.5, 0.6) is 0 Å². The predicted octanol–water partition coefficient (Wildman–Crippen LogP) is 3.62. The van der Waals surface area contributed by atoms with E-state index in [0.29, 0.717) is 0 Å². The minimum Gasteiger partial charge on any atom is -0.394 e. The van der Waals surface area contributed by atoms with E-state index >= 15 is 0 Å². The Labute approximate surface area is 141 Å². The molecule has 5 heteroatoms. The normalized spacial score (nSPS) is 11.7. The summed E-state index contributed by atoms with van der Waals surface area (Å²) in [7, 11) is 0. The molecular weight excluding hydrogens is 308 g/mol. The van der Waals surface area contributed by atoms with Gasteiger partial charge in [0.1, 0.15) is 0 Å². The zero-order chi connectivity index (χ0) is 16.5. The van der Waals surface area contributed by atoms with Crippen molar-refractivity contribution >= 4 is 23.5 Å². The van der Waals surface area contributed by atoms with Gasteiger partial charge in [0.15, 0.2) is 0 Å². The molecule has 23 heavy (non-hydrogen) atoms. The van der Waals surface area contributed by atoms with E-state index < -0.39 is 0 Å². The molecule has 0 saturated carbocycles. The number of benzene rings is 2. The third-order valence-corrected chi connectivity index (χ3v) is 4.29. The molecule has 2 amide bonds. The van der Waals surface area contributed by atoms with Crippen LogP contribution in [0.2, 0.25) is 0 Å². The number of anilines is 1. The van der Waals surface area contributed by atoms with Gasteiger partial charge in [0.2, 0.25) is 0 Å². The summed E-state index contributed by atoms with van der Waals surface area (Å²) >= 11 is 1.84. The molecule has 0 aromatic heterocycles. The molecule has 0 fully saturated rings. The Kier molecular flexibility index (Phi) is 6.97. The molecule has 2 rings (SSSR count). The van der Waals surface area contributed by atoms with Crippen molar-refractivity contribution in [2.24, 2.45) is 0 Å². The van der Waals surface area contributed by atoms with Crippen LogP contribution < -0.4 is 10.6 Å². The van der Waals surface area contributed by atoms with E-state index in [1.54, 1.807) is 6.92 Å². The molecule has 0 aliphatic carbocycles. The third kappa shape index (κ3) is 6.34. The summed E-state index contributed by atoms with van der Waals surface area (Å²) in [6.07, 6.45) is 0. The lowest BCUT2D eigenvalue weighted by Gasteiger charge is -2.12. The fourth-order valence-electron chi connectivity index (χ4n) is 2.04. The molecular formula is C18H22N2O2S. The van der Waals surface area contributed by atoms with Crippen molar-refractivity contribution in [2.75, 3.05) is 11.9 Å². The number of carbonyl (C=O) groups excluding carboxylic acids is 1. The first-order chi connectivity index (χ1) is 11.2. The molecule has 0 heterocycles. The number of rotatable bonds is 7. The zero-order valence-electron chi connectivity index (χ0n) is 13.2. The number of aliphatic hydroxyl groups excluding tert-OH is 1. The Bertz CT molecular complexity index is 619. The second kappa shape index (κ2) is 9.22. The van der Waals surface area contributed by atoms with E-state index in [2.05, 4.69) is 28.8 Å². The Morgan fingerprint density at radius 3 is 2.52 bits per heavy atom. The highest BCUT2D eigenvalue weighted by molar-refractivity contribution is 7.97. The SMILES string of the molecule is CC(CO)NC(=O)Nc1cccc(CSCc2ccccc2)c1. The van der Waals surface area contributed by atoms with Crippen molar-refractivity contribution in [3.05, 3.63) is 65.7 Å². The molecule has 2 aromatic carbocycles. The topological polar surface area (TPSA) is 61.4 Å². The predicted molar refractivity (Wildman–Crippen MR) is 96.6 cm³/mol. The Morgan fingerprint density at radius 2 is 1.78 bits per heavy atom. The Balaban J connectivity index is 1.83. The maximum Gasteiger partial charge on any atom is 0.319 e. The van der Waals surface area contributed by atoms with E-state index in [1.807, 2.05) is 48.2 Å². The molecule has 0 aliphatic rings. The van der Waals surface area contributed by atoms with Crippen LogP contribution in [0.3, 0.4) is 0 Å². The summed E-state index contributed by atoms with van der Waals surface area (Å²) in [6, 6.07) is 17.6. The number of nitrogens with one attached hydrogen (secondary N) is 2. The van der Waals surface area contributed by atoms with Crippen LogP contribution in [-0.4, -0.2) is 23.8 Å². The first-order valence-corrected chi connectivity index (χ1v) is 8.72. The van der Waals surface area contributed by atoms with Crippen molar-refractivity contribution < 1.29 is 9.90 Å². The van der Waals surface area contributed by atoms with Crippen LogP contribution in [0.25, 0.3) is 0 Å². The van der Waals surface area contributed by atoms with Crippen LogP contribution in [-0.2, 0) is 11.5 Å². The fraction of sp³-hybridized carbons (Fsp3) is 0.278. The van der Waals surface area contributed by atoms with Gasteiger partial charge in [-0.25, -0.2) is 4.79 Å². The zero-order valence-corrected chi connectivity index (χ0v) is 14.0. The van der Waals surface area contributed by atoms with Crippen molar-refractivity contribution in [2.45, 2.75) is 24.5 Å². The third-order valence-electron chi connectivity index (χ3n) is 3.22. The minimum atomic E-state index is -0.305. The van der Waals surface area contributed by atoms with Gasteiger partial charge in [-0.05, 0) is 30.2 Å². The van der Waals surface area contributed by atoms with Gasteiger partial charge in [0, 0.05) is 17.2 Å². The largest absolute Gasteiger partial charge is 0.394 e. The number of aliphatic hydroxyl groups is 1. The highest BCUT2D eigenvalue weighted by atomic mass is 32.2. The molecule has 0 radical (unpaired) electrons. The number of thioether (sulfide) groups is 1. The highest BCUT2D eigenvalue weighted by Gasteiger charge is 2.06. The minimum absolute atomic E-state index is 0.0798. The summed E-state index contributed by atoms with van der Waals surface area (Å²) < 4.78 is 0. The second-order valence-corrected chi connectivity index (χ2v) is 6.35. The van der Waals surface area contributed by atoms with Gasteiger partial charge in [-0.3, -0.25) is 0 Å². The van der Waals surface area contributed by atoms with Crippen LogP contribution in [0, 0.1) is 0 Å². The average Bonchev–Trinajstić information content (AvgIpc) is 2.56. The van der Waals surface area contributed by atoms with E-state index in [4.69, 9.17) is 5.11 Å².